The van der Waals surface area contributed by atoms with Crippen molar-refractivity contribution in [1.29, 1.82) is 0 Å². The average Bonchev–Trinajstić information content (AvgIpc) is 1.92. The van der Waals surface area contributed by atoms with Crippen molar-refractivity contribution < 1.29 is 16.7 Å². The van der Waals surface area contributed by atoms with Gasteiger partial charge in [-0.1, -0.05) is 3.89 Å². The molecule has 0 aliphatic rings. The van der Waals surface area contributed by atoms with Crippen molar-refractivity contribution in [2.24, 2.45) is 0 Å². The lowest BCUT2D eigenvalue weighted by Gasteiger charge is -1.96. The van der Waals surface area contributed by atoms with Gasteiger partial charge in [0.1, 0.15) is 0 Å². The van der Waals surface area contributed by atoms with Crippen molar-refractivity contribution in [2.75, 3.05) is 0 Å². The first-order valence-electron chi connectivity index (χ1n) is 2.67. The molecule has 1 heterocycles. The minimum Gasteiger partial charge on any atom is -0.240 e. The molecule has 0 unspecified atom stereocenters. The van der Waals surface area contributed by atoms with E-state index in [-0.39, 0.29) is 4.47 Å². The number of hydrogen-bond donors (Lipinski definition) is 0. The van der Waals surface area contributed by atoms with Gasteiger partial charge in [0.2, 0.25) is 5.03 Å². The van der Waals surface area contributed by atoms with Crippen LogP contribution in [0.15, 0.2) is 21.8 Å². The summed E-state index contributed by atoms with van der Waals surface area (Å²) in [7, 11) is -5.07. The lowest BCUT2D eigenvalue weighted by Crippen LogP contribution is -2.00. The Hall–Kier alpha value is -0.560. The molecule has 0 fully saturated rings. The van der Waals surface area contributed by atoms with E-state index in [1.165, 1.54) is 6.07 Å². The van der Waals surface area contributed by atoms with Gasteiger partial charge in [0, 0.05) is 6.20 Å². The molecule has 0 aliphatic carbocycles. The molecule has 1 aromatic heterocycles. The van der Waals surface area contributed by atoms with Crippen LogP contribution in [0, 0.1) is 5.82 Å². The van der Waals surface area contributed by atoms with E-state index in [1.807, 2.05) is 0 Å². The predicted molar refractivity (Wildman–Crippen MR) is 40.2 cm³/mol. The van der Waals surface area contributed by atoms with E-state index in [0.717, 1.165) is 6.20 Å². The Kier molecular flexibility index (Phi) is 2.43. The summed E-state index contributed by atoms with van der Waals surface area (Å²) >= 11 is 2.69. The molecule has 0 aromatic carbocycles. The van der Waals surface area contributed by atoms with Gasteiger partial charge in [-0.15, -0.1) is 0 Å². The molecule has 0 saturated carbocycles. The number of halogens is 3. The van der Waals surface area contributed by atoms with E-state index in [0.29, 0.717) is 0 Å². The summed E-state index contributed by atoms with van der Waals surface area (Å²) in [5, 5.41) is -1.20. The highest BCUT2D eigenvalue weighted by molar-refractivity contribution is 9.10. The summed E-state index contributed by atoms with van der Waals surface area (Å²) in [6.07, 6.45) is 0.986. The largest absolute Gasteiger partial charge is 0.352 e. The second kappa shape index (κ2) is 3.06. The van der Waals surface area contributed by atoms with E-state index < -0.39 is 21.1 Å². The minimum absolute atomic E-state index is 0.145. The number of pyridine rings is 1. The van der Waals surface area contributed by atoms with Crippen LogP contribution < -0.4 is 0 Å². The van der Waals surface area contributed by atoms with Gasteiger partial charge in [-0.25, -0.2) is 9.37 Å². The lowest BCUT2D eigenvalue weighted by atomic mass is 10.5. The quantitative estimate of drug-likeness (QED) is 0.719. The third kappa shape index (κ3) is 1.78. The maximum Gasteiger partial charge on any atom is 0.352 e. The third-order valence-corrected chi connectivity index (χ3v) is 2.40. The lowest BCUT2D eigenvalue weighted by molar-refractivity contribution is 0.520. The average molecular weight is 258 g/mol. The molecule has 0 bridgehead atoms. The fraction of sp³-hybridized carbons (Fsp3) is 0. The number of nitrogens with zero attached hydrogens (tertiary/aromatic N) is 1. The van der Waals surface area contributed by atoms with Crippen LogP contribution in [-0.2, 0) is 10.2 Å². The Balaban J connectivity index is 3.47. The first-order valence-corrected chi connectivity index (χ1v) is 4.85. The van der Waals surface area contributed by atoms with Crippen LogP contribution in [0.3, 0.4) is 0 Å². The summed E-state index contributed by atoms with van der Waals surface area (Å²) in [5.74, 6) is -1.22. The van der Waals surface area contributed by atoms with Gasteiger partial charge in [-0.05, 0) is 22.0 Å². The van der Waals surface area contributed by atoms with Crippen LogP contribution in [-0.4, -0.2) is 13.4 Å². The van der Waals surface area contributed by atoms with Crippen LogP contribution in [0.4, 0.5) is 8.28 Å². The van der Waals surface area contributed by atoms with Crippen molar-refractivity contribution in [1.82, 2.24) is 4.98 Å². The first kappa shape index (κ1) is 9.53. The van der Waals surface area contributed by atoms with Crippen molar-refractivity contribution >= 4 is 26.2 Å². The van der Waals surface area contributed by atoms with Crippen molar-refractivity contribution in [3.05, 3.63) is 22.6 Å². The molecule has 66 valence electrons. The highest BCUT2D eigenvalue weighted by atomic mass is 79.9. The molecule has 12 heavy (non-hydrogen) atoms. The molecular weight excluding hydrogens is 256 g/mol. The predicted octanol–water partition coefficient (Wildman–Crippen LogP) is 1.64. The Labute approximate surface area is 75.8 Å². The van der Waals surface area contributed by atoms with Gasteiger partial charge in [0.05, 0.1) is 4.47 Å². The van der Waals surface area contributed by atoms with E-state index in [1.54, 1.807) is 0 Å². The molecule has 7 heteroatoms. The summed E-state index contributed by atoms with van der Waals surface area (Å²) in [6, 6.07) is 1.17. The summed E-state index contributed by atoms with van der Waals surface area (Å²) in [5.41, 5.74) is 0. The molecule has 3 nitrogen and oxygen atoms in total. The van der Waals surface area contributed by atoms with Gasteiger partial charge in [0.25, 0.3) is 0 Å². The summed E-state index contributed by atoms with van der Waals surface area (Å²) in [4.78, 5) is 3.04. The Bertz CT molecular complexity index is 406. The second-order valence-corrected chi connectivity index (χ2v) is 3.97. The van der Waals surface area contributed by atoms with Crippen LogP contribution in [0.1, 0.15) is 0 Å². The van der Waals surface area contributed by atoms with Crippen LogP contribution in [0.2, 0.25) is 0 Å². The Morgan fingerprint density at radius 3 is 2.50 bits per heavy atom. The SMILES string of the molecule is O=S(=O)(F)c1nccc(Br)c1F. The van der Waals surface area contributed by atoms with Gasteiger partial charge >= 0.3 is 10.2 Å². The molecule has 1 rings (SSSR count). The van der Waals surface area contributed by atoms with Gasteiger partial charge in [-0.3, -0.25) is 0 Å². The first-order chi connectivity index (χ1) is 5.43. The molecule has 0 spiro atoms. The zero-order valence-corrected chi connectivity index (χ0v) is 7.86. The standard InChI is InChI=1S/C5H2BrF2NO2S/c6-3-1-2-9-5(4(3)7)12(8,10)11/h1-2H. The number of hydrogen-bond acceptors (Lipinski definition) is 3. The minimum atomic E-state index is -5.07. The topological polar surface area (TPSA) is 47.0 Å². The fourth-order valence-corrected chi connectivity index (χ4v) is 1.52. The second-order valence-electron chi connectivity index (χ2n) is 1.85. The van der Waals surface area contributed by atoms with E-state index >= 15 is 0 Å². The maximum absolute atomic E-state index is 12.8. The normalized spacial score (nSPS) is 11.6. The highest BCUT2D eigenvalue weighted by Gasteiger charge is 2.21. The van der Waals surface area contributed by atoms with Crippen molar-refractivity contribution in [3.8, 4) is 0 Å². The third-order valence-electron chi connectivity index (χ3n) is 1.04. The molecule has 0 amide bonds. The number of rotatable bonds is 1. The zero-order valence-electron chi connectivity index (χ0n) is 5.46. The Morgan fingerprint density at radius 1 is 1.50 bits per heavy atom. The van der Waals surface area contributed by atoms with Crippen molar-refractivity contribution in [2.45, 2.75) is 5.03 Å². The molecule has 1 aromatic rings. The summed E-state index contributed by atoms with van der Waals surface area (Å²) < 4.78 is 45.3. The van der Waals surface area contributed by atoms with Crippen LogP contribution in [0.25, 0.3) is 0 Å². The fourth-order valence-electron chi connectivity index (χ4n) is 0.572. The summed E-state index contributed by atoms with van der Waals surface area (Å²) in [6.45, 7) is 0. The van der Waals surface area contributed by atoms with Gasteiger partial charge < -0.3 is 0 Å². The maximum atomic E-state index is 12.8. The van der Waals surface area contributed by atoms with Crippen LogP contribution in [0.5, 0.6) is 0 Å². The smallest absolute Gasteiger partial charge is 0.240 e. The van der Waals surface area contributed by atoms with Crippen LogP contribution >= 0.6 is 15.9 Å². The molecule has 0 N–H and O–H groups in total. The molecule has 0 atom stereocenters. The Morgan fingerprint density at radius 2 is 2.08 bits per heavy atom. The van der Waals surface area contributed by atoms with E-state index in [9.17, 15) is 16.7 Å². The van der Waals surface area contributed by atoms with Gasteiger partial charge in [0.15, 0.2) is 5.82 Å². The van der Waals surface area contributed by atoms with E-state index in [2.05, 4.69) is 20.9 Å². The molecule has 0 radical (unpaired) electrons. The number of aromatic nitrogens is 1. The monoisotopic (exact) mass is 257 g/mol. The van der Waals surface area contributed by atoms with Crippen molar-refractivity contribution in [3.63, 3.8) is 0 Å². The molecule has 0 saturated heterocycles. The molecule has 0 aliphatic heterocycles. The molecular formula is C5H2BrF2NO2S. The van der Waals surface area contributed by atoms with Gasteiger partial charge in [-0.2, -0.15) is 8.42 Å². The van der Waals surface area contributed by atoms with E-state index in [4.69, 9.17) is 0 Å². The highest BCUT2D eigenvalue weighted by Crippen LogP contribution is 2.20. The zero-order chi connectivity index (χ0) is 9.35.